The topological polar surface area (TPSA) is 81.2 Å². The van der Waals surface area contributed by atoms with E-state index in [1.54, 1.807) is 0 Å². The largest absolute Gasteiger partial charge is 0.378 e. The molecule has 0 amide bonds. The van der Waals surface area contributed by atoms with Crippen LogP contribution in [0.2, 0.25) is 10.6 Å². The summed E-state index contributed by atoms with van der Waals surface area (Å²) < 4.78 is 10.6. The molecule has 0 aliphatic carbocycles. The highest BCUT2D eigenvalue weighted by atomic mass is 35.5. The lowest BCUT2D eigenvalue weighted by Gasteiger charge is -2.07. The van der Waals surface area contributed by atoms with Gasteiger partial charge in [-0.1, -0.05) is 0 Å². The Balaban J connectivity index is 2.01. The van der Waals surface area contributed by atoms with Gasteiger partial charge in [-0.15, -0.1) is 0 Å². The summed E-state index contributed by atoms with van der Waals surface area (Å²) >= 11 is 11.3. The van der Waals surface area contributed by atoms with Gasteiger partial charge in [0.2, 0.25) is 16.5 Å². The molecule has 0 fully saturated rings. The third-order valence-electron chi connectivity index (χ3n) is 1.98. The molecule has 0 saturated heterocycles. The lowest BCUT2D eigenvalue weighted by Crippen LogP contribution is -2.17. The average Bonchev–Trinajstić information content (AvgIpc) is 2.36. The van der Waals surface area contributed by atoms with Crippen LogP contribution in [0.5, 0.6) is 0 Å². The molecule has 2 N–H and O–H groups in total. The molecule has 1 rings (SSSR count). The van der Waals surface area contributed by atoms with Crippen molar-refractivity contribution in [1.82, 2.24) is 20.3 Å². The monoisotopic (exact) mass is 309 g/mol. The van der Waals surface area contributed by atoms with Crippen LogP contribution < -0.4 is 10.6 Å². The molecule has 1 heterocycles. The van der Waals surface area contributed by atoms with Crippen molar-refractivity contribution in [2.24, 2.45) is 0 Å². The van der Waals surface area contributed by atoms with Crippen molar-refractivity contribution in [3.8, 4) is 0 Å². The Hall–Kier alpha value is -0.730. The van der Waals surface area contributed by atoms with Gasteiger partial charge < -0.3 is 20.1 Å². The lowest BCUT2D eigenvalue weighted by molar-refractivity contribution is 0.0531. The second kappa shape index (κ2) is 10.1. The summed E-state index contributed by atoms with van der Waals surface area (Å²) in [6.07, 6.45) is 0. The minimum atomic E-state index is 0.0568. The average molecular weight is 310 g/mol. The zero-order valence-electron chi connectivity index (χ0n) is 10.7. The highest BCUT2D eigenvalue weighted by Crippen LogP contribution is 2.08. The van der Waals surface area contributed by atoms with Crippen molar-refractivity contribution >= 4 is 29.2 Å². The standard InChI is InChI=1S/C10H17Cl2N5O2/c1-13-2-4-18-6-7-19-5-3-14-10-16-8(11)15-9(12)17-10/h13H,2-7H2,1H3,(H,14,15,16,17). The van der Waals surface area contributed by atoms with Gasteiger partial charge in [-0.3, -0.25) is 0 Å². The van der Waals surface area contributed by atoms with E-state index in [1.165, 1.54) is 0 Å². The summed E-state index contributed by atoms with van der Waals surface area (Å²) in [6, 6.07) is 0. The second-order valence-corrected chi connectivity index (χ2v) is 4.13. The van der Waals surface area contributed by atoms with E-state index in [2.05, 4.69) is 25.6 Å². The Morgan fingerprint density at radius 1 is 0.895 bits per heavy atom. The summed E-state index contributed by atoms with van der Waals surface area (Å²) in [7, 11) is 1.88. The predicted octanol–water partition coefficient (Wildman–Crippen LogP) is 0.843. The van der Waals surface area contributed by atoms with Gasteiger partial charge in [0.25, 0.3) is 0 Å². The predicted molar refractivity (Wildman–Crippen MR) is 73.9 cm³/mol. The minimum absolute atomic E-state index is 0.0568. The molecule has 0 bridgehead atoms. The molecule has 0 aliphatic rings. The number of nitrogens with zero attached hydrogens (tertiary/aromatic N) is 3. The number of ether oxygens (including phenoxy) is 2. The smallest absolute Gasteiger partial charge is 0.228 e. The number of halogens is 2. The molecule has 0 saturated carbocycles. The van der Waals surface area contributed by atoms with Crippen LogP contribution >= 0.6 is 23.2 Å². The third kappa shape index (κ3) is 8.12. The van der Waals surface area contributed by atoms with Crippen molar-refractivity contribution in [3.63, 3.8) is 0 Å². The maximum Gasteiger partial charge on any atom is 0.228 e. The van der Waals surface area contributed by atoms with E-state index in [9.17, 15) is 0 Å². The Bertz CT molecular complexity index is 350. The summed E-state index contributed by atoms with van der Waals surface area (Å²) in [5, 5.41) is 6.03. The van der Waals surface area contributed by atoms with Gasteiger partial charge in [-0.2, -0.15) is 15.0 Å². The van der Waals surface area contributed by atoms with Crippen molar-refractivity contribution in [3.05, 3.63) is 10.6 Å². The van der Waals surface area contributed by atoms with Crippen molar-refractivity contribution in [2.75, 3.05) is 51.9 Å². The highest BCUT2D eigenvalue weighted by Gasteiger charge is 2.01. The molecule has 0 spiro atoms. The first-order valence-electron chi connectivity index (χ1n) is 5.83. The van der Waals surface area contributed by atoms with Crippen LogP contribution in [0.4, 0.5) is 5.95 Å². The van der Waals surface area contributed by atoms with Gasteiger partial charge in [0.05, 0.1) is 26.4 Å². The SMILES string of the molecule is CNCCOCCOCCNc1nc(Cl)nc(Cl)n1. The fourth-order valence-corrected chi connectivity index (χ4v) is 1.50. The third-order valence-corrected chi connectivity index (χ3v) is 2.32. The normalized spacial score (nSPS) is 10.7. The van der Waals surface area contributed by atoms with Crippen molar-refractivity contribution < 1.29 is 9.47 Å². The second-order valence-electron chi connectivity index (χ2n) is 3.45. The first-order valence-corrected chi connectivity index (χ1v) is 6.59. The Kier molecular flexibility index (Phi) is 8.68. The maximum absolute atomic E-state index is 5.63. The van der Waals surface area contributed by atoms with E-state index < -0.39 is 0 Å². The van der Waals surface area contributed by atoms with Crippen LogP contribution in [-0.4, -0.2) is 61.5 Å². The van der Waals surface area contributed by atoms with Gasteiger partial charge in [-0.05, 0) is 30.2 Å². The molecule has 0 radical (unpaired) electrons. The molecule has 19 heavy (non-hydrogen) atoms. The quantitative estimate of drug-likeness (QED) is 0.620. The van der Waals surface area contributed by atoms with Crippen molar-refractivity contribution in [2.45, 2.75) is 0 Å². The number of aromatic nitrogens is 3. The number of anilines is 1. The fraction of sp³-hybridized carbons (Fsp3) is 0.700. The van der Waals surface area contributed by atoms with Crippen LogP contribution in [-0.2, 0) is 9.47 Å². The molecule has 9 heteroatoms. The number of likely N-dealkylation sites (N-methyl/N-ethyl adjacent to an activating group) is 1. The molecular formula is C10H17Cl2N5O2. The van der Waals surface area contributed by atoms with Crippen LogP contribution in [0, 0.1) is 0 Å². The number of hydrogen-bond acceptors (Lipinski definition) is 7. The zero-order chi connectivity index (χ0) is 13.9. The Morgan fingerprint density at radius 3 is 2.05 bits per heavy atom. The van der Waals surface area contributed by atoms with E-state index in [1.807, 2.05) is 7.05 Å². The summed E-state index contributed by atoms with van der Waals surface area (Å²) in [6.45, 7) is 3.70. The molecular weight excluding hydrogens is 293 g/mol. The first-order chi connectivity index (χ1) is 9.22. The van der Waals surface area contributed by atoms with Gasteiger partial charge in [0.15, 0.2) is 0 Å². The number of hydrogen-bond donors (Lipinski definition) is 2. The summed E-state index contributed by atoms with van der Waals surface area (Å²) in [5.41, 5.74) is 0. The van der Waals surface area contributed by atoms with Crippen LogP contribution in [0.1, 0.15) is 0 Å². The molecule has 0 aromatic carbocycles. The van der Waals surface area contributed by atoms with Gasteiger partial charge in [0, 0.05) is 13.1 Å². The number of nitrogens with one attached hydrogen (secondary N) is 2. The van der Waals surface area contributed by atoms with Crippen LogP contribution in [0.3, 0.4) is 0 Å². The lowest BCUT2D eigenvalue weighted by atomic mass is 10.6. The van der Waals surface area contributed by atoms with E-state index in [0.29, 0.717) is 38.9 Å². The molecule has 0 aliphatic heterocycles. The fourth-order valence-electron chi connectivity index (χ4n) is 1.14. The van der Waals surface area contributed by atoms with Crippen LogP contribution in [0.25, 0.3) is 0 Å². The maximum atomic E-state index is 5.63. The summed E-state index contributed by atoms with van der Waals surface area (Å²) in [5.74, 6) is 0.332. The molecule has 7 nitrogen and oxygen atoms in total. The molecule has 0 atom stereocenters. The number of rotatable bonds is 10. The first kappa shape index (κ1) is 16.3. The summed E-state index contributed by atoms with van der Waals surface area (Å²) in [4.78, 5) is 11.4. The minimum Gasteiger partial charge on any atom is -0.378 e. The highest BCUT2D eigenvalue weighted by molar-refractivity contribution is 6.31. The van der Waals surface area contributed by atoms with Gasteiger partial charge in [0.1, 0.15) is 0 Å². The van der Waals surface area contributed by atoms with E-state index in [4.69, 9.17) is 32.7 Å². The van der Waals surface area contributed by atoms with Crippen LogP contribution in [0.15, 0.2) is 0 Å². The van der Waals surface area contributed by atoms with E-state index in [-0.39, 0.29) is 10.6 Å². The molecule has 1 aromatic heterocycles. The van der Waals surface area contributed by atoms with Gasteiger partial charge >= 0.3 is 0 Å². The molecule has 0 unspecified atom stereocenters. The van der Waals surface area contributed by atoms with E-state index >= 15 is 0 Å². The zero-order valence-corrected chi connectivity index (χ0v) is 12.2. The Morgan fingerprint density at radius 2 is 1.47 bits per heavy atom. The molecule has 1 aromatic rings. The Labute approximate surface area is 122 Å². The van der Waals surface area contributed by atoms with Crippen molar-refractivity contribution in [1.29, 1.82) is 0 Å². The molecule has 108 valence electrons. The van der Waals surface area contributed by atoms with Gasteiger partial charge in [-0.25, -0.2) is 0 Å². The van der Waals surface area contributed by atoms with E-state index in [0.717, 1.165) is 6.54 Å².